The quantitative estimate of drug-likeness (QED) is 0.147. The number of nitrogens with zero attached hydrogens (tertiary/aromatic N) is 6. The van der Waals surface area contributed by atoms with Crippen molar-refractivity contribution in [1.82, 2.24) is 15.4 Å². The lowest BCUT2D eigenvalue weighted by Crippen LogP contribution is -2.32. The molecular weight excluding hydrogens is 620 g/mol. The van der Waals surface area contributed by atoms with E-state index in [4.69, 9.17) is 0 Å². The van der Waals surface area contributed by atoms with Gasteiger partial charge in [-0.2, -0.15) is 10.4 Å². The predicted molar refractivity (Wildman–Crippen MR) is 151 cm³/mol. The van der Waals surface area contributed by atoms with Crippen molar-refractivity contribution in [3.05, 3.63) is 108 Å². The zero-order valence-corrected chi connectivity index (χ0v) is 22.8. The SMILES string of the molecule is N#C[C@@H](/C(=N/NC(=O)c1ccncc1)C(=O)Nc1ccc([N+](=O)[O-])cc1[N+](=O)[O-])c1nc(-c2ccc(Br)cc2)cs1. The zero-order valence-electron chi connectivity index (χ0n) is 20.4. The monoisotopic (exact) mass is 634 g/mol. The first-order chi connectivity index (χ1) is 19.7. The Morgan fingerprint density at radius 2 is 1.76 bits per heavy atom. The van der Waals surface area contributed by atoms with Crippen LogP contribution in [0.2, 0.25) is 0 Å². The highest BCUT2D eigenvalue weighted by molar-refractivity contribution is 9.10. The van der Waals surface area contributed by atoms with Crippen molar-refractivity contribution < 1.29 is 19.4 Å². The fraction of sp³-hybridized carbons (Fsp3) is 0.0400. The van der Waals surface area contributed by atoms with Crippen LogP contribution in [0.15, 0.2) is 81.9 Å². The first-order valence-electron chi connectivity index (χ1n) is 11.3. The van der Waals surface area contributed by atoms with Crippen LogP contribution >= 0.6 is 27.3 Å². The highest BCUT2D eigenvalue weighted by Crippen LogP contribution is 2.31. The summed E-state index contributed by atoms with van der Waals surface area (Å²) in [6.07, 6.45) is 2.74. The van der Waals surface area contributed by atoms with Gasteiger partial charge in [0.2, 0.25) is 0 Å². The molecule has 2 N–H and O–H groups in total. The van der Waals surface area contributed by atoms with Crippen molar-refractivity contribution in [2.24, 2.45) is 5.10 Å². The van der Waals surface area contributed by atoms with Gasteiger partial charge in [-0.3, -0.25) is 34.8 Å². The Labute approximate surface area is 242 Å². The molecule has 2 heterocycles. The van der Waals surface area contributed by atoms with Gasteiger partial charge in [-0.05, 0) is 30.3 Å². The van der Waals surface area contributed by atoms with Crippen LogP contribution in [-0.4, -0.2) is 37.3 Å². The molecule has 0 aliphatic rings. The lowest BCUT2D eigenvalue weighted by atomic mass is 10.0. The summed E-state index contributed by atoms with van der Waals surface area (Å²) in [6, 6.07) is 14.6. The van der Waals surface area contributed by atoms with Crippen LogP contribution < -0.4 is 10.7 Å². The van der Waals surface area contributed by atoms with Crippen molar-refractivity contribution >= 4 is 61.9 Å². The van der Waals surface area contributed by atoms with Crippen LogP contribution in [0, 0.1) is 31.6 Å². The molecule has 0 bridgehead atoms. The second-order valence-corrected chi connectivity index (χ2v) is 9.79. The Morgan fingerprint density at radius 3 is 2.39 bits per heavy atom. The third-order valence-corrected chi connectivity index (χ3v) is 6.84. The summed E-state index contributed by atoms with van der Waals surface area (Å²) < 4.78 is 0.850. The molecule has 204 valence electrons. The number of benzene rings is 2. The van der Waals surface area contributed by atoms with Gasteiger partial charge in [0.25, 0.3) is 23.2 Å². The number of non-ortho nitro benzene ring substituents is 1. The molecule has 4 aromatic rings. The number of hydrazone groups is 1. The Hall–Kier alpha value is -5.40. The Morgan fingerprint density at radius 1 is 1.05 bits per heavy atom. The van der Waals surface area contributed by atoms with Gasteiger partial charge in [-0.1, -0.05) is 28.1 Å². The average Bonchev–Trinajstić information content (AvgIpc) is 3.45. The number of nitro groups is 2. The maximum Gasteiger partial charge on any atom is 0.299 e. The number of anilines is 1. The van der Waals surface area contributed by atoms with Gasteiger partial charge in [0.1, 0.15) is 22.3 Å². The number of aromatic nitrogens is 2. The van der Waals surface area contributed by atoms with Crippen molar-refractivity contribution in [2.45, 2.75) is 5.92 Å². The van der Waals surface area contributed by atoms with Gasteiger partial charge in [0.05, 0.1) is 27.7 Å². The predicted octanol–water partition coefficient (Wildman–Crippen LogP) is 4.82. The number of nitrogens with one attached hydrogen (secondary N) is 2. The molecule has 0 saturated carbocycles. The van der Waals surface area contributed by atoms with Gasteiger partial charge in [-0.15, -0.1) is 11.3 Å². The van der Waals surface area contributed by atoms with E-state index in [1.807, 2.05) is 18.2 Å². The molecule has 0 fully saturated rings. The maximum atomic E-state index is 13.4. The molecule has 4 rings (SSSR count). The van der Waals surface area contributed by atoms with E-state index in [1.54, 1.807) is 17.5 Å². The first-order valence-corrected chi connectivity index (χ1v) is 13.0. The minimum absolute atomic E-state index is 0.162. The fourth-order valence-corrected chi connectivity index (χ4v) is 4.55. The number of amides is 2. The van der Waals surface area contributed by atoms with E-state index in [0.29, 0.717) is 11.8 Å². The lowest BCUT2D eigenvalue weighted by molar-refractivity contribution is -0.393. The number of carbonyl (C=O) groups excluding carboxylic acids is 2. The average molecular weight is 635 g/mol. The second-order valence-electron chi connectivity index (χ2n) is 7.98. The molecule has 2 amide bonds. The lowest BCUT2D eigenvalue weighted by Gasteiger charge is -2.12. The minimum Gasteiger partial charge on any atom is -0.315 e. The van der Waals surface area contributed by atoms with Crippen LogP contribution in [0.3, 0.4) is 0 Å². The summed E-state index contributed by atoms with van der Waals surface area (Å²) in [7, 11) is 0. The molecule has 0 saturated heterocycles. The largest absolute Gasteiger partial charge is 0.315 e. The molecule has 2 aromatic carbocycles. The number of thiazole rings is 1. The summed E-state index contributed by atoms with van der Waals surface area (Å²) in [6.45, 7) is 0. The molecule has 16 heteroatoms. The normalized spacial score (nSPS) is 11.7. The van der Waals surface area contributed by atoms with Crippen molar-refractivity contribution in [1.29, 1.82) is 5.26 Å². The first kappa shape index (κ1) is 28.6. The van der Waals surface area contributed by atoms with Gasteiger partial charge < -0.3 is 5.32 Å². The summed E-state index contributed by atoms with van der Waals surface area (Å²) in [5.41, 5.74) is 1.40. The Kier molecular flexibility index (Phi) is 8.82. The van der Waals surface area contributed by atoms with E-state index < -0.39 is 44.7 Å². The third kappa shape index (κ3) is 6.79. The summed E-state index contributed by atoms with van der Waals surface area (Å²) >= 11 is 4.42. The van der Waals surface area contributed by atoms with Crippen LogP contribution in [0.5, 0.6) is 0 Å². The number of pyridine rings is 1. The van der Waals surface area contributed by atoms with Gasteiger partial charge >= 0.3 is 0 Å². The summed E-state index contributed by atoms with van der Waals surface area (Å²) in [5.74, 6) is -3.20. The van der Waals surface area contributed by atoms with Gasteiger partial charge in [0, 0.05) is 39.4 Å². The number of hydrogen-bond acceptors (Lipinski definition) is 11. The Balaban J connectivity index is 1.71. The maximum absolute atomic E-state index is 13.4. The topological polar surface area (TPSA) is 206 Å². The molecule has 1 atom stereocenters. The number of nitriles is 1. The number of rotatable bonds is 9. The molecular formula is C25H15BrN8O6S. The number of carbonyl (C=O) groups is 2. The molecule has 14 nitrogen and oxygen atoms in total. The standard InChI is InChI=1S/C25H15BrN8O6S/c26-16-3-1-14(2-4-16)20-13-41-25(30-20)18(12-27)22(31-32-23(35)15-7-9-28-10-8-15)24(36)29-19-6-5-17(33(37)38)11-21(19)34(39)40/h1-11,13,18H,(H,29,36)(H,32,35)/b31-22-/t18-/m0/s1. The molecule has 0 radical (unpaired) electrons. The highest BCUT2D eigenvalue weighted by Gasteiger charge is 2.30. The molecule has 0 aliphatic carbocycles. The van der Waals surface area contributed by atoms with Gasteiger partial charge in [0.15, 0.2) is 0 Å². The number of hydrogen-bond donors (Lipinski definition) is 2. The van der Waals surface area contributed by atoms with E-state index in [-0.39, 0.29) is 16.3 Å². The van der Waals surface area contributed by atoms with E-state index >= 15 is 0 Å². The number of halogens is 1. The smallest absolute Gasteiger partial charge is 0.299 e. The molecule has 0 spiro atoms. The summed E-state index contributed by atoms with van der Waals surface area (Å²) in [4.78, 5) is 55.2. The highest BCUT2D eigenvalue weighted by atomic mass is 79.9. The van der Waals surface area contributed by atoms with Crippen LogP contribution in [0.1, 0.15) is 21.3 Å². The van der Waals surface area contributed by atoms with Crippen molar-refractivity contribution in [3.63, 3.8) is 0 Å². The fourth-order valence-electron chi connectivity index (χ4n) is 3.41. The molecule has 41 heavy (non-hydrogen) atoms. The van der Waals surface area contributed by atoms with Crippen molar-refractivity contribution in [3.8, 4) is 17.3 Å². The van der Waals surface area contributed by atoms with E-state index in [1.165, 1.54) is 24.5 Å². The minimum atomic E-state index is -1.40. The second kappa shape index (κ2) is 12.6. The van der Waals surface area contributed by atoms with Crippen LogP contribution in [0.25, 0.3) is 11.3 Å². The van der Waals surface area contributed by atoms with Crippen LogP contribution in [0.4, 0.5) is 17.1 Å². The summed E-state index contributed by atoms with van der Waals surface area (Å²) in [5, 5.41) is 40.7. The third-order valence-electron chi connectivity index (χ3n) is 5.40. The van der Waals surface area contributed by atoms with E-state index in [2.05, 4.69) is 41.7 Å². The van der Waals surface area contributed by atoms with E-state index in [9.17, 15) is 35.1 Å². The van der Waals surface area contributed by atoms with Gasteiger partial charge in [-0.25, -0.2) is 10.4 Å². The van der Waals surface area contributed by atoms with E-state index in [0.717, 1.165) is 33.5 Å². The van der Waals surface area contributed by atoms with Crippen LogP contribution in [-0.2, 0) is 4.79 Å². The Bertz CT molecular complexity index is 1720. The molecule has 0 unspecified atom stereocenters. The van der Waals surface area contributed by atoms with Crippen molar-refractivity contribution in [2.75, 3.05) is 5.32 Å². The number of nitro benzene ring substituents is 2. The zero-order chi connectivity index (χ0) is 29.5. The molecule has 2 aromatic heterocycles. The molecule has 0 aliphatic heterocycles.